The van der Waals surface area contributed by atoms with E-state index in [1.165, 1.54) is 11.4 Å². The van der Waals surface area contributed by atoms with E-state index in [1.807, 2.05) is 0 Å². The molecule has 68 valence electrons. The average molecular weight is 197 g/mol. The highest BCUT2D eigenvalue weighted by molar-refractivity contribution is 7.10. The number of alkyl halides is 3. The quantitative estimate of drug-likeness (QED) is 0.737. The smallest absolute Gasteiger partial charge is 0.300 e. The monoisotopic (exact) mass is 197 g/mol. The van der Waals surface area contributed by atoms with E-state index in [0.29, 0.717) is 11.3 Å². The van der Waals surface area contributed by atoms with Gasteiger partial charge in [-0.05, 0) is 11.4 Å². The first-order valence-electron chi connectivity index (χ1n) is 3.01. The van der Waals surface area contributed by atoms with Crippen LogP contribution >= 0.6 is 11.3 Å². The second-order valence-corrected chi connectivity index (χ2v) is 3.00. The summed E-state index contributed by atoms with van der Waals surface area (Å²) in [4.78, 5) is 3.48. The average Bonchev–Trinajstić information content (AvgIpc) is 2.34. The zero-order valence-electron chi connectivity index (χ0n) is 5.89. The lowest BCUT2D eigenvalue weighted by Gasteiger charge is -2.05. The van der Waals surface area contributed by atoms with Crippen LogP contribution in [-0.4, -0.2) is 0 Å². The summed E-state index contributed by atoms with van der Waals surface area (Å²) in [5.41, 5.74) is 0.0787. The summed E-state index contributed by atoms with van der Waals surface area (Å²) in [5.74, 6) is 4.67. The minimum Gasteiger partial charge on any atom is -0.300 e. The third-order valence-corrected chi connectivity index (χ3v) is 2.24. The van der Waals surface area contributed by atoms with Crippen LogP contribution in [0.2, 0.25) is 0 Å². The molecule has 0 saturated heterocycles. The van der Waals surface area contributed by atoms with Gasteiger partial charge >= 0.3 is 6.18 Å². The lowest BCUT2D eigenvalue weighted by molar-refractivity contribution is -0.135. The molecule has 1 aromatic heterocycles. The Balaban J connectivity index is 2.91. The molecule has 0 spiro atoms. The summed E-state index contributed by atoms with van der Waals surface area (Å²) in [6.45, 7) is -0.210. The van der Waals surface area contributed by atoms with Crippen LogP contribution in [0.5, 0.6) is 0 Å². The van der Waals surface area contributed by atoms with Crippen molar-refractivity contribution in [3.8, 4) is 0 Å². The first kappa shape index (κ1) is 9.50. The third-order valence-electron chi connectivity index (χ3n) is 1.24. The van der Waals surface area contributed by atoms with Crippen molar-refractivity contribution in [1.29, 1.82) is 0 Å². The summed E-state index contributed by atoms with van der Waals surface area (Å²) < 4.78 is 36.4. The Bertz CT molecular complexity index is 258. The first-order chi connectivity index (χ1) is 5.55. The molecule has 0 fully saturated rings. The topological polar surface area (TPSA) is 35.2 Å². The van der Waals surface area contributed by atoms with Crippen molar-refractivity contribution < 1.29 is 18.0 Å². The Hall–Kier alpha value is -0.590. The number of hydrogen-bond acceptors (Lipinski definition) is 3. The van der Waals surface area contributed by atoms with Crippen molar-refractivity contribution in [2.75, 3.05) is 0 Å². The van der Waals surface area contributed by atoms with Gasteiger partial charge in [0, 0.05) is 5.56 Å². The molecule has 0 amide bonds. The van der Waals surface area contributed by atoms with Crippen LogP contribution < -0.4 is 5.90 Å². The van der Waals surface area contributed by atoms with E-state index >= 15 is 0 Å². The fourth-order valence-electron chi connectivity index (χ4n) is 0.788. The Labute approximate surface area is 70.7 Å². The Kier molecular flexibility index (Phi) is 2.71. The van der Waals surface area contributed by atoms with Crippen molar-refractivity contribution in [2.24, 2.45) is 5.90 Å². The second kappa shape index (κ2) is 3.42. The van der Waals surface area contributed by atoms with Gasteiger partial charge in [-0.2, -0.15) is 13.2 Å². The maximum Gasteiger partial charge on any atom is 0.425 e. The van der Waals surface area contributed by atoms with Crippen molar-refractivity contribution >= 4 is 11.3 Å². The van der Waals surface area contributed by atoms with Crippen LogP contribution in [0.25, 0.3) is 0 Å². The zero-order valence-corrected chi connectivity index (χ0v) is 6.71. The molecule has 0 bridgehead atoms. The van der Waals surface area contributed by atoms with Crippen molar-refractivity contribution in [3.63, 3.8) is 0 Å². The normalized spacial score (nSPS) is 12.0. The van der Waals surface area contributed by atoms with E-state index in [-0.39, 0.29) is 12.2 Å². The predicted octanol–water partition coefficient (Wildman–Crippen LogP) is 2.16. The van der Waals surface area contributed by atoms with Gasteiger partial charge in [-0.3, -0.25) is 4.84 Å². The molecule has 0 aliphatic carbocycles. The van der Waals surface area contributed by atoms with Crippen molar-refractivity contribution in [2.45, 2.75) is 12.8 Å². The molecule has 6 heteroatoms. The van der Waals surface area contributed by atoms with Gasteiger partial charge in [0.05, 0.1) is 6.61 Å². The molecule has 1 aromatic rings. The number of nitrogens with two attached hydrogens (primary N) is 1. The van der Waals surface area contributed by atoms with Crippen LogP contribution in [0.1, 0.15) is 10.4 Å². The van der Waals surface area contributed by atoms with Gasteiger partial charge in [0.25, 0.3) is 0 Å². The molecule has 0 unspecified atom stereocenters. The van der Waals surface area contributed by atoms with Gasteiger partial charge in [-0.15, -0.1) is 11.3 Å². The molecular weight excluding hydrogens is 191 g/mol. The molecule has 2 N–H and O–H groups in total. The lowest BCUT2D eigenvalue weighted by Crippen LogP contribution is -2.07. The predicted molar refractivity (Wildman–Crippen MR) is 38.3 cm³/mol. The third kappa shape index (κ3) is 1.96. The van der Waals surface area contributed by atoms with Crippen LogP contribution in [0, 0.1) is 0 Å². The molecule has 0 saturated carbocycles. The highest BCUT2D eigenvalue weighted by Gasteiger charge is 2.34. The van der Waals surface area contributed by atoms with Crippen LogP contribution in [0.15, 0.2) is 11.4 Å². The first-order valence-corrected chi connectivity index (χ1v) is 3.89. The minimum absolute atomic E-state index is 0.0787. The van der Waals surface area contributed by atoms with Crippen molar-refractivity contribution in [3.05, 3.63) is 21.9 Å². The van der Waals surface area contributed by atoms with E-state index in [9.17, 15) is 13.2 Å². The van der Waals surface area contributed by atoms with E-state index < -0.39 is 11.1 Å². The number of halogens is 3. The molecule has 2 nitrogen and oxygen atoms in total. The van der Waals surface area contributed by atoms with Crippen molar-refractivity contribution in [1.82, 2.24) is 0 Å². The van der Waals surface area contributed by atoms with Gasteiger partial charge < -0.3 is 0 Å². The van der Waals surface area contributed by atoms with Crippen LogP contribution in [0.4, 0.5) is 13.2 Å². The molecule has 12 heavy (non-hydrogen) atoms. The molecule has 1 heterocycles. The SMILES string of the molecule is NOCc1ccsc1C(F)(F)F. The lowest BCUT2D eigenvalue weighted by atomic mass is 10.3. The summed E-state index contributed by atoms with van der Waals surface area (Å²) in [6, 6.07) is 1.35. The van der Waals surface area contributed by atoms with Crippen LogP contribution in [-0.2, 0) is 17.6 Å². The van der Waals surface area contributed by atoms with E-state index in [4.69, 9.17) is 0 Å². The van der Waals surface area contributed by atoms with Crippen LogP contribution in [0.3, 0.4) is 0 Å². The molecule has 0 aliphatic heterocycles. The van der Waals surface area contributed by atoms with E-state index in [1.54, 1.807) is 0 Å². The van der Waals surface area contributed by atoms with Gasteiger partial charge in [-0.1, -0.05) is 0 Å². The molecule has 0 atom stereocenters. The number of thiophene rings is 1. The Morgan fingerprint density at radius 3 is 2.67 bits per heavy atom. The summed E-state index contributed by atoms with van der Waals surface area (Å²) in [7, 11) is 0. The maximum absolute atomic E-state index is 12.1. The highest BCUT2D eigenvalue weighted by atomic mass is 32.1. The summed E-state index contributed by atoms with van der Waals surface area (Å²) >= 11 is 0.636. The summed E-state index contributed by atoms with van der Waals surface area (Å²) in [5, 5.41) is 1.36. The standard InChI is InChI=1S/C6H6F3NOS/c7-6(8,9)5-4(3-11-10)1-2-12-5/h1-2H,3,10H2. The minimum atomic E-state index is -4.30. The maximum atomic E-state index is 12.1. The van der Waals surface area contributed by atoms with E-state index in [2.05, 4.69) is 10.7 Å². The molecule has 0 aromatic carbocycles. The molecular formula is C6H6F3NOS. The number of hydrogen-bond donors (Lipinski definition) is 1. The second-order valence-electron chi connectivity index (χ2n) is 2.08. The largest absolute Gasteiger partial charge is 0.425 e. The fraction of sp³-hybridized carbons (Fsp3) is 0.333. The molecule has 0 radical (unpaired) electrons. The fourth-order valence-corrected chi connectivity index (χ4v) is 1.57. The molecule has 1 rings (SSSR count). The van der Waals surface area contributed by atoms with Gasteiger partial charge in [0.1, 0.15) is 4.88 Å². The molecule has 0 aliphatic rings. The highest BCUT2D eigenvalue weighted by Crippen LogP contribution is 2.35. The Morgan fingerprint density at radius 1 is 1.50 bits per heavy atom. The Morgan fingerprint density at radius 2 is 2.17 bits per heavy atom. The van der Waals surface area contributed by atoms with Gasteiger partial charge in [0.2, 0.25) is 0 Å². The van der Waals surface area contributed by atoms with Gasteiger partial charge in [-0.25, -0.2) is 5.90 Å². The zero-order chi connectivity index (χ0) is 9.19. The van der Waals surface area contributed by atoms with E-state index in [0.717, 1.165) is 0 Å². The summed E-state index contributed by atoms with van der Waals surface area (Å²) in [6.07, 6.45) is -4.30. The van der Waals surface area contributed by atoms with Gasteiger partial charge in [0.15, 0.2) is 0 Å². The number of rotatable bonds is 2.